The fourth-order valence-corrected chi connectivity index (χ4v) is 3.01. The number of hydrogen-bond acceptors (Lipinski definition) is 2. The molecule has 2 rings (SSSR count). The first-order chi connectivity index (χ1) is 12.3. The van der Waals surface area contributed by atoms with Gasteiger partial charge in [0.05, 0.1) is 13.2 Å². The summed E-state index contributed by atoms with van der Waals surface area (Å²) in [7, 11) is 1.66. The zero-order chi connectivity index (χ0) is 19.2. The zero-order valence-corrected chi connectivity index (χ0v) is 16.9. The van der Waals surface area contributed by atoms with Gasteiger partial charge in [-0.05, 0) is 29.2 Å². The highest BCUT2D eigenvalue weighted by atomic mass is 35.5. The Balaban J connectivity index is 2.14. The molecule has 4 nitrogen and oxygen atoms in total. The van der Waals surface area contributed by atoms with Crippen molar-refractivity contribution >= 4 is 17.5 Å². The van der Waals surface area contributed by atoms with Gasteiger partial charge >= 0.3 is 0 Å². The van der Waals surface area contributed by atoms with Crippen molar-refractivity contribution in [1.29, 1.82) is 0 Å². The molecule has 1 amide bonds. The van der Waals surface area contributed by atoms with Crippen LogP contribution in [-0.4, -0.2) is 35.6 Å². The molecule has 0 spiro atoms. The molecule has 0 aliphatic rings. The zero-order valence-electron chi connectivity index (χ0n) is 16.2. The van der Waals surface area contributed by atoms with Gasteiger partial charge in [0.2, 0.25) is 5.91 Å². The topological polar surface area (TPSA) is 34.5 Å². The van der Waals surface area contributed by atoms with E-state index < -0.39 is 0 Å². The highest BCUT2D eigenvalue weighted by molar-refractivity contribution is 6.31. The maximum Gasteiger partial charge on any atom is 0.223 e. The van der Waals surface area contributed by atoms with Gasteiger partial charge < -0.3 is 14.2 Å². The number of amides is 1. The molecule has 1 aromatic carbocycles. The molecule has 142 valence electrons. The van der Waals surface area contributed by atoms with Crippen LogP contribution in [0.15, 0.2) is 42.6 Å². The van der Waals surface area contributed by atoms with E-state index in [2.05, 4.69) is 31.4 Å². The van der Waals surface area contributed by atoms with E-state index in [0.717, 1.165) is 16.3 Å². The molecule has 0 unspecified atom stereocenters. The minimum absolute atomic E-state index is 0.0397. The summed E-state index contributed by atoms with van der Waals surface area (Å²) in [5.74, 6) is 0.153. The largest absolute Gasteiger partial charge is 0.383 e. The van der Waals surface area contributed by atoms with Gasteiger partial charge in [-0.1, -0.05) is 50.6 Å². The van der Waals surface area contributed by atoms with Crippen LogP contribution in [0, 0.1) is 5.41 Å². The molecule has 1 heterocycles. The highest BCUT2D eigenvalue weighted by Gasteiger charge is 2.22. The number of hydrogen-bond donors (Lipinski definition) is 0. The summed E-state index contributed by atoms with van der Waals surface area (Å²) in [6, 6.07) is 11.9. The van der Waals surface area contributed by atoms with Crippen molar-refractivity contribution in [1.82, 2.24) is 9.47 Å². The van der Waals surface area contributed by atoms with Gasteiger partial charge in [0, 0.05) is 43.5 Å². The van der Waals surface area contributed by atoms with Gasteiger partial charge in [-0.3, -0.25) is 4.79 Å². The average Bonchev–Trinajstić information content (AvgIpc) is 2.99. The van der Waals surface area contributed by atoms with Gasteiger partial charge in [-0.2, -0.15) is 0 Å². The SMILES string of the molecule is COCCN(Cc1cccn1Cc1ccccc1Cl)C(=O)CC(C)(C)C. The predicted octanol–water partition coefficient (Wildman–Crippen LogP) is 4.60. The van der Waals surface area contributed by atoms with Crippen LogP contribution >= 0.6 is 11.6 Å². The standard InChI is InChI=1S/C21H29ClN2O2/c1-21(2,3)14-20(25)24(12-13-26-4)16-18-9-7-11-23(18)15-17-8-5-6-10-19(17)22/h5-11H,12-16H2,1-4H3. The van der Waals surface area contributed by atoms with Crippen LogP contribution in [0.1, 0.15) is 38.4 Å². The molecule has 0 saturated heterocycles. The lowest BCUT2D eigenvalue weighted by molar-refractivity contribution is -0.134. The number of benzene rings is 1. The predicted molar refractivity (Wildman–Crippen MR) is 106 cm³/mol. The quantitative estimate of drug-likeness (QED) is 0.674. The lowest BCUT2D eigenvalue weighted by Gasteiger charge is -2.27. The summed E-state index contributed by atoms with van der Waals surface area (Å²) < 4.78 is 7.34. The maximum atomic E-state index is 12.8. The van der Waals surface area contributed by atoms with Crippen LogP contribution in [0.2, 0.25) is 5.02 Å². The maximum absolute atomic E-state index is 12.8. The number of aromatic nitrogens is 1. The summed E-state index contributed by atoms with van der Waals surface area (Å²) >= 11 is 6.30. The number of methoxy groups -OCH3 is 1. The van der Waals surface area contributed by atoms with Crippen molar-refractivity contribution in [2.75, 3.05) is 20.3 Å². The lowest BCUT2D eigenvalue weighted by Crippen LogP contribution is -2.36. The first-order valence-electron chi connectivity index (χ1n) is 8.94. The van der Waals surface area contributed by atoms with Crippen LogP contribution in [0.3, 0.4) is 0 Å². The van der Waals surface area contributed by atoms with E-state index in [1.54, 1.807) is 7.11 Å². The van der Waals surface area contributed by atoms with E-state index in [4.69, 9.17) is 16.3 Å². The van der Waals surface area contributed by atoms with Gasteiger partial charge in [-0.25, -0.2) is 0 Å². The van der Waals surface area contributed by atoms with Crippen LogP contribution in [0.5, 0.6) is 0 Å². The van der Waals surface area contributed by atoms with E-state index in [0.29, 0.717) is 32.7 Å². The minimum Gasteiger partial charge on any atom is -0.383 e. The van der Waals surface area contributed by atoms with Gasteiger partial charge in [-0.15, -0.1) is 0 Å². The molecule has 2 aromatic rings. The smallest absolute Gasteiger partial charge is 0.223 e. The van der Waals surface area contributed by atoms with Crippen molar-refractivity contribution in [3.05, 3.63) is 58.9 Å². The van der Waals surface area contributed by atoms with E-state index in [1.807, 2.05) is 41.4 Å². The van der Waals surface area contributed by atoms with Crippen LogP contribution < -0.4 is 0 Å². The monoisotopic (exact) mass is 376 g/mol. The molecule has 26 heavy (non-hydrogen) atoms. The molecule has 0 aliphatic carbocycles. The Morgan fingerprint density at radius 3 is 2.58 bits per heavy atom. The highest BCUT2D eigenvalue weighted by Crippen LogP contribution is 2.22. The third-order valence-corrected chi connectivity index (χ3v) is 4.54. The third kappa shape index (κ3) is 6.19. The van der Waals surface area contributed by atoms with Crippen molar-refractivity contribution in [3.8, 4) is 0 Å². The Labute approximate surface area is 161 Å². The molecule has 0 atom stereocenters. The molecule has 0 radical (unpaired) electrons. The number of ether oxygens (including phenoxy) is 1. The Morgan fingerprint density at radius 2 is 1.92 bits per heavy atom. The van der Waals surface area contributed by atoms with Gasteiger partial charge in [0.15, 0.2) is 0 Å². The van der Waals surface area contributed by atoms with Crippen LogP contribution in [0.4, 0.5) is 0 Å². The van der Waals surface area contributed by atoms with E-state index in [-0.39, 0.29) is 11.3 Å². The molecule has 0 saturated carbocycles. The summed E-state index contributed by atoms with van der Waals surface area (Å²) in [6.07, 6.45) is 2.54. The molecule has 0 fully saturated rings. The normalized spacial score (nSPS) is 11.6. The first kappa shape index (κ1) is 20.5. The molecule has 0 N–H and O–H groups in total. The fraction of sp³-hybridized carbons (Fsp3) is 0.476. The second-order valence-corrected chi connectivity index (χ2v) is 8.17. The van der Waals surface area contributed by atoms with Crippen molar-refractivity contribution in [2.24, 2.45) is 5.41 Å². The van der Waals surface area contributed by atoms with Crippen molar-refractivity contribution in [2.45, 2.75) is 40.3 Å². The second-order valence-electron chi connectivity index (χ2n) is 7.76. The number of nitrogens with zero attached hydrogens (tertiary/aromatic N) is 2. The molecule has 0 aliphatic heterocycles. The van der Waals surface area contributed by atoms with Crippen molar-refractivity contribution < 1.29 is 9.53 Å². The molecular formula is C21H29ClN2O2. The fourth-order valence-electron chi connectivity index (χ4n) is 2.81. The van der Waals surface area contributed by atoms with E-state index in [9.17, 15) is 4.79 Å². The molecule has 5 heteroatoms. The van der Waals surface area contributed by atoms with E-state index >= 15 is 0 Å². The van der Waals surface area contributed by atoms with Crippen LogP contribution in [-0.2, 0) is 22.6 Å². The third-order valence-electron chi connectivity index (χ3n) is 4.17. The molecule has 0 bridgehead atoms. The Hall–Kier alpha value is -1.78. The Bertz CT molecular complexity index is 719. The van der Waals surface area contributed by atoms with Crippen LogP contribution in [0.25, 0.3) is 0 Å². The summed E-state index contributed by atoms with van der Waals surface area (Å²) in [4.78, 5) is 14.6. The lowest BCUT2D eigenvalue weighted by atomic mass is 9.91. The number of carbonyl (C=O) groups excluding carboxylic acids is 1. The average molecular weight is 377 g/mol. The summed E-state index contributed by atoms with van der Waals surface area (Å²) in [5.41, 5.74) is 2.11. The summed E-state index contributed by atoms with van der Waals surface area (Å²) in [6.45, 7) is 8.62. The second kappa shape index (κ2) is 9.24. The number of rotatable bonds is 8. The van der Waals surface area contributed by atoms with E-state index in [1.165, 1.54) is 0 Å². The van der Waals surface area contributed by atoms with Gasteiger partial charge in [0.25, 0.3) is 0 Å². The molecule has 1 aromatic heterocycles. The first-order valence-corrected chi connectivity index (χ1v) is 9.32. The Kier molecular flexibility index (Phi) is 7.30. The molecular weight excluding hydrogens is 348 g/mol. The minimum atomic E-state index is -0.0397. The Morgan fingerprint density at radius 1 is 1.19 bits per heavy atom. The number of carbonyl (C=O) groups is 1. The summed E-state index contributed by atoms with van der Waals surface area (Å²) in [5, 5.41) is 0.757. The van der Waals surface area contributed by atoms with Gasteiger partial charge in [0.1, 0.15) is 0 Å². The number of halogens is 1. The van der Waals surface area contributed by atoms with Crippen molar-refractivity contribution in [3.63, 3.8) is 0 Å².